The second kappa shape index (κ2) is 39.9. The molecule has 7 atom stereocenters. The van der Waals surface area contributed by atoms with Gasteiger partial charge in [-0.2, -0.15) is 10.5 Å². The van der Waals surface area contributed by atoms with Crippen molar-refractivity contribution in [2.75, 3.05) is 52.8 Å². The Morgan fingerprint density at radius 1 is 0.769 bits per heavy atom. The van der Waals surface area contributed by atoms with Crippen molar-refractivity contribution >= 4 is 29.4 Å². The van der Waals surface area contributed by atoms with E-state index in [1.165, 1.54) is 6.92 Å². The van der Waals surface area contributed by atoms with Gasteiger partial charge in [0.2, 0.25) is 5.79 Å². The molecule has 5 N–H and O–H groups in total. The first-order valence-electron chi connectivity index (χ1n) is 28.7. The molecule has 0 heterocycles. The SMILES string of the molecule is CCCCCN(C(=O)O)C(=O)C(=O)C(O)(O)[C@H](C)CCCCC(OCC(COCC)(COCCC#N)COCCC#N)/C(C)=C/C=C/C=C/[C@@H](C)C[C@@H](C)C(=O)C[C@H](O)/C(C)=C/[C@@H](C)C(=O)CC[C@H](C)C[C@H]1CC[C@H](O)CC1. The summed E-state index contributed by atoms with van der Waals surface area (Å²) < 4.78 is 24.4. The fraction of sp³-hybridized carbons (Fsp3) is 0.754. The van der Waals surface area contributed by atoms with E-state index in [0.29, 0.717) is 73.9 Å². The van der Waals surface area contributed by atoms with Gasteiger partial charge in [0.1, 0.15) is 11.6 Å². The highest BCUT2D eigenvalue weighted by atomic mass is 16.5. The van der Waals surface area contributed by atoms with Crippen LogP contribution in [-0.2, 0) is 38.1 Å². The molecular formula is C61H99N3O14. The summed E-state index contributed by atoms with van der Waals surface area (Å²) in [5.74, 6) is -6.85. The molecule has 0 spiro atoms. The van der Waals surface area contributed by atoms with Crippen LogP contribution in [0.2, 0.25) is 0 Å². The quantitative estimate of drug-likeness (QED) is 0.0125. The molecule has 442 valence electrons. The molecule has 0 saturated heterocycles. The zero-order chi connectivity index (χ0) is 58.7. The van der Waals surface area contributed by atoms with Gasteiger partial charge in [0.05, 0.1) is 88.3 Å². The number of hydrogen-bond acceptors (Lipinski definition) is 15. The number of unbranched alkanes of at least 4 members (excludes halogenated alkanes) is 3. The maximum atomic E-state index is 13.3. The van der Waals surface area contributed by atoms with Crippen LogP contribution in [0.3, 0.4) is 0 Å². The number of amides is 2. The molecule has 78 heavy (non-hydrogen) atoms. The highest BCUT2D eigenvalue weighted by Crippen LogP contribution is 2.32. The molecular weight excluding hydrogens is 999 g/mol. The standard InChI is InChI=1S/C61H99N3O14/c1-10-12-18-33-64(59(71)72)58(70)57(69)61(73,74)50(9)23-16-17-24-56(78-43-60(40-75-11-2,41-76-34-19-31-62)42-77-35-20-32-63)46(5)22-15-13-14-21-44(3)36-47(6)54(67)39-55(68)49(8)38-48(7)53(66)30-25-45(4)37-51-26-28-52(65)29-27-51/h13-15,21-22,38,44-45,47-48,50-52,55-56,65,68,73-74H,10-12,16-20,23-30,33-37,39-43H2,1-9H3,(H,71,72)/b15-13+,21-14+,46-22+,49-38+/t44-,45+,47-,48-,50-,51-,52-,55+,56?/m1/s1. The number of aliphatic hydroxyl groups excluding tert-OH is 2. The number of aliphatic hydroxyl groups is 4. The lowest BCUT2D eigenvalue weighted by Gasteiger charge is -2.34. The number of ether oxygens (including phenoxy) is 4. The van der Waals surface area contributed by atoms with Crippen LogP contribution in [0.5, 0.6) is 0 Å². The molecule has 17 nitrogen and oxygen atoms in total. The molecule has 1 unspecified atom stereocenters. The number of carbonyl (C=O) groups is 5. The molecule has 0 aromatic heterocycles. The number of carbonyl (C=O) groups excluding carboxylic acids is 4. The monoisotopic (exact) mass is 1100 g/mol. The average molecular weight is 1100 g/mol. The van der Waals surface area contributed by atoms with Crippen molar-refractivity contribution in [3.05, 3.63) is 47.6 Å². The van der Waals surface area contributed by atoms with E-state index in [4.69, 9.17) is 29.5 Å². The minimum atomic E-state index is -3.09. The summed E-state index contributed by atoms with van der Waals surface area (Å²) in [4.78, 5) is 64.3. The Balaban J connectivity index is 3.11. The van der Waals surface area contributed by atoms with Crippen molar-refractivity contribution in [1.82, 2.24) is 4.90 Å². The molecule has 0 aromatic rings. The Bertz CT molecular complexity index is 1970. The summed E-state index contributed by atoms with van der Waals surface area (Å²) in [5.41, 5.74) is 0.652. The number of imide groups is 1. The van der Waals surface area contributed by atoms with Crippen LogP contribution in [-0.4, -0.2) is 137 Å². The average Bonchev–Trinajstić information content (AvgIpc) is 3.41. The number of carboxylic acid groups (broad SMARTS) is 1. The van der Waals surface area contributed by atoms with E-state index in [1.54, 1.807) is 13.0 Å². The van der Waals surface area contributed by atoms with Crippen molar-refractivity contribution in [3.8, 4) is 12.1 Å². The lowest BCUT2D eigenvalue weighted by atomic mass is 9.80. The van der Waals surface area contributed by atoms with Crippen molar-refractivity contribution < 1.29 is 68.5 Å². The second-order valence-corrected chi connectivity index (χ2v) is 22.2. The molecule has 1 fully saturated rings. The van der Waals surface area contributed by atoms with E-state index in [9.17, 15) is 49.5 Å². The fourth-order valence-electron chi connectivity index (χ4n) is 9.63. The van der Waals surface area contributed by atoms with Crippen LogP contribution in [0.1, 0.15) is 178 Å². The van der Waals surface area contributed by atoms with Gasteiger partial charge in [0.15, 0.2) is 0 Å². The number of hydrogen-bond donors (Lipinski definition) is 5. The van der Waals surface area contributed by atoms with E-state index >= 15 is 0 Å². The first-order valence-corrected chi connectivity index (χ1v) is 28.7. The maximum absolute atomic E-state index is 13.3. The molecule has 1 saturated carbocycles. The topological polar surface area (TPSA) is 274 Å². The number of allylic oxidation sites excluding steroid dienone is 6. The van der Waals surface area contributed by atoms with Gasteiger partial charge in [0, 0.05) is 43.7 Å². The van der Waals surface area contributed by atoms with Gasteiger partial charge in [-0.25, -0.2) is 9.69 Å². The van der Waals surface area contributed by atoms with Crippen LogP contribution >= 0.6 is 0 Å². The van der Waals surface area contributed by atoms with Gasteiger partial charge in [-0.05, 0) is 114 Å². The van der Waals surface area contributed by atoms with Gasteiger partial charge in [-0.15, -0.1) is 0 Å². The molecule has 0 aliphatic heterocycles. The fourth-order valence-corrected chi connectivity index (χ4v) is 9.63. The van der Waals surface area contributed by atoms with Gasteiger partial charge in [-0.1, -0.05) is 104 Å². The third kappa shape index (κ3) is 28.6. The molecule has 1 aliphatic carbocycles. The Kier molecular flexibility index (Phi) is 36.6. The van der Waals surface area contributed by atoms with E-state index in [2.05, 4.69) is 19.1 Å². The molecule has 0 bridgehead atoms. The Morgan fingerprint density at radius 3 is 1.97 bits per heavy atom. The lowest BCUT2D eigenvalue weighted by Crippen LogP contribution is -2.54. The highest BCUT2D eigenvalue weighted by Gasteiger charge is 2.46. The van der Waals surface area contributed by atoms with Gasteiger partial charge >= 0.3 is 12.0 Å². The predicted molar refractivity (Wildman–Crippen MR) is 299 cm³/mol. The zero-order valence-corrected chi connectivity index (χ0v) is 48.8. The van der Waals surface area contributed by atoms with Gasteiger partial charge in [-0.3, -0.25) is 19.2 Å². The van der Waals surface area contributed by atoms with E-state index < -0.39 is 47.1 Å². The number of rotatable bonds is 43. The normalized spacial score (nSPS) is 18.4. The minimum Gasteiger partial charge on any atom is -0.465 e. The van der Waals surface area contributed by atoms with Crippen LogP contribution in [0.15, 0.2) is 47.6 Å². The third-order valence-electron chi connectivity index (χ3n) is 14.9. The number of Topliss-reactive ketones (excluding diaryl/α,β-unsaturated/α-hetero) is 3. The first kappa shape index (κ1) is 71.6. The van der Waals surface area contributed by atoms with Crippen molar-refractivity contribution in [2.24, 2.45) is 40.9 Å². The largest absolute Gasteiger partial charge is 0.465 e. The van der Waals surface area contributed by atoms with Crippen LogP contribution in [0.25, 0.3) is 0 Å². The van der Waals surface area contributed by atoms with Gasteiger partial charge < -0.3 is 44.5 Å². The summed E-state index contributed by atoms with van der Waals surface area (Å²) in [6.45, 7) is 17.9. The lowest BCUT2D eigenvalue weighted by molar-refractivity contribution is -0.204. The number of ketones is 3. The zero-order valence-electron chi connectivity index (χ0n) is 48.8. The highest BCUT2D eigenvalue weighted by molar-refractivity contribution is 6.40. The molecule has 2 amide bonds. The van der Waals surface area contributed by atoms with Crippen LogP contribution < -0.4 is 0 Å². The first-order chi connectivity index (χ1) is 37.0. The van der Waals surface area contributed by atoms with E-state index in [-0.39, 0.29) is 107 Å². The summed E-state index contributed by atoms with van der Waals surface area (Å²) in [5, 5.41) is 70.4. The van der Waals surface area contributed by atoms with Crippen molar-refractivity contribution in [2.45, 2.75) is 202 Å². The molecule has 1 rings (SSSR count). The number of nitrogens with zero attached hydrogens (tertiary/aromatic N) is 3. The second-order valence-electron chi connectivity index (χ2n) is 22.2. The summed E-state index contributed by atoms with van der Waals surface area (Å²) in [7, 11) is 0. The predicted octanol–water partition coefficient (Wildman–Crippen LogP) is 9.95. The smallest absolute Gasteiger partial charge is 0.414 e. The Labute approximate surface area is 467 Å². The van der Waals surface area contributed by atoms with E-state index in [1.807, 2.05) is 71.9 Å². The third-order valence-corrected chi connectivity index (χ3v) is 14.9. The van der Waals surface area contributed by atoms with Gasteiger partial charge in [0.25, 0.3) is 5.78 Å². The summed E-state index contributed by atoms with van der Waals surface area (Å²) >= 11 is 0. The molecule has 0 aromatic carbocycles. The van der Waals surface area contributed by atoms with Crippen LogP contribution in [0.4, 0.5) is 4.79 Å². The minimum absolute atomic E-state index is 0.0341. The summed E-state index contributed by atoms with van der Waals surface area (Å²) in [6, 6.07) is 4.15. The molecule has 0 radical (unpaired) electrons. The molecule has 1 aliphatic rings. The Hall–Kier alpha value is -4.43. The summed E-state index contributed by atoms with van der Waals surface area (Å²) in [6.07, 6.45) is 18.2. The van der Waals surface area contributed by atoms with Crippen molar-refractivity contribution in [1.29, 1.82) is 10.5 Å². The van der Waals surface area contributed by atoms with Crippen LogP contribution in [0, 0.1) is 63.6 Å². The van der Waals surface area contributed by atoms with E-state index in [0.717, 1.165) is 50.5 Å². The Morgan fingerprint density at radius 2 is 1.38 bits per heavy atom. The van der Waals surface area contributed by atoms with Crippen molar-refractivity contribution in [3.63, 3.8) is 0 Å². The maximum Gasteiger partial charge on any atom is 0.414 e. The molecule has 17 heteroatoms. The number of nitriles is 2.